The molecule has 1 unspecified atom stereocenters. The van der Waals surface area contributed by atoms with Gasteiger partial charge in [0.15, 0.2) is 0 Å². The van der Waals surface area contributed by atoms with Gasteiger partial charge in [-0.3, -0.25) is 14.1 Å². The van der Waals surface area contributed by atoms with E-state index in [0.717, 1.165) is 5.69 Å². The molecule has 6 N–H and O–H groups in total. The number of hydrogen-bond acceptors (Lipinski definition) is 4. The maximum Gasteiger partial charge on any atom is 0.369 e. The maximum atomic E-state index is 11.8. The summed E-state index contributed by atoms with van der Waals surface area (Å²) in [5.74, 6) is 0. The number of aromatic nitrogens is 2. The molecule has 27 heavy (non-hydrogen) atoms. The van der Waals surface area contributed by atoms with E-state index in [4.69, 9.17) is 0 Å². The predicted octanol–water partition coefficient (Wildman–Crippen LogP) is 2.08. The van der Waals surface area contributed by atoms with E-state index in [9.17, 15) is 33.8 Å². The zero-order chi connectivity index (χ0) is 20.3. The Morgan fingerprint density at radius 2 is 1.74 bits per heavy atom. The van der Waals surface area contributed by atoms with E-state index in [1.165, 1.54) is 0 Å². The second kappa shape index (κ2) is 7.97. The summed E-state index contributed by atoms with van der Waals surface area (Å²) in [6.45, 7) is 1.60. The van der Waals surface area contributed by atoms with E-state index in [1.54, 1.807) is 37.5 Å². The fourth-order valence-electron chi connectivity index (χ4n) is 3.13. The summed E-state index contributed by atoms with van der Waals surface area (Å²) in [5, 5.41) is 6.92. The molecule has 11 heteroatoms. The Labute approximate surface area is 156 Å². The molecule has 0 aliphatic rings. The molecule has 0 amide bonds. The molecular formula is C16H24N2O7P2. The van der Waals surface area contributed by atoms with E-state index < -0.39 is 32.1 Å². The van der Waals surface area contributed by atoms with Gasteiger partial charge in [0.05, 0.1) is 0 Å². The van der Waals surface area contributed by atoms with Crippen molar-refractivity contribution in [3.63, 3.8) is 0 Å². The van der Waals surface area contributed by atoms with Crippen molar-refractivity contribution in [2.45, 2.75) is 43.1 Å². The first kappa shape index (κ1) is 22.0. The van der Waals surface area contributed by atoms with Crippen molar-refractivity contribution in [3.05, 3.63) is 54.1 Å². The van der Waals surface area contributed by atoms with Crippen LogP contribution < -0.4 is 0 Å². The second-order valence-corrected chi connectivity index (χ2v) is 10.9. The molecule has 0 saturated heterocycles. The van der Waals surface area contributed by atoms with E-state index >= 15 is 0 Å². The summed E-state index contributed by atoms with van der Waals surface area (Å²) in [6, 6.07) is 8.79. The summed E-state index contributed by atoms with van der Waals surface area (Å²) in [7, 11) is -11.1. The molecule has 0 saturated carbocycles. The van der Waals surface area contributed by atoms with E-state index in [-0.39, 0.29) is 0 Å². The lowest BCUT2D eigenvalue weighted by Crippen LogP contribution is -2.38. The topological polar surface area (TPSA) is 164 Å². The molecule has 0 aromatic carbocycles. The molecule has 9 nitrogen and oxygen atoms in total. The summed E-state index contributed by atoms with van der Waals surface area (Å²) in [4.78, 5) is 45.1. The number of H-pyrrole nitrogens is 1. The average Bonchev–Trinajstić information content (AvgIpc) is 3.09. The number of aromatic amines is 1. The van der Waals surface area contributed by atoms with Crippen molar-refractivity contribution >= 4 is 15.2 Å². The van der Waals surface area contributed by atoms with Crippen LogP contribution in [0.5, 0.6) is 0 Å². The molecule has 0 bridgehead atoms. The Kier molecular flexibility index (Phi) is 6.49. The highest BCUT2D eigenvalue weighted by molar-refractivity contribution is 7.72. The minimum atomic E-state index is -5.53. The first-order valence-electron chi connectivity index (χ1n) is 8.26. The standard InChI is InChI=1S/C16H24N2O7P2/c1-15(14-8-5-11-18-14,9-4-7-13-6-2-3-10-17-13)12-16(19,26(20,21)22)27(23,24)25/h2-3,5-6,8,10-11,18-19H,4,7,9,12H2,1H3,(H2,20,21,22)(H2,23,24,25). The molecule has 2 rings (SSSR count). The maximum absolute atomic E-state index is 11.8. The molecular weight excluding hydrogens is 394 g/mol. The summed E-state index contributed by atoms with van der Waals surface area (Å²) in [5.41, 5.74) is 0.227. The molecule has 0 aliphatic carbocycles. The van der Waals surface area contributed by atoms with Gasteiger partial charge < -0.3 is 29.7 Å². The monoisotopic (exact) mass is 418 g/mol. The lowest BCUT2D eigenvalue weighted by atomic mass is 9.78. The fourth-order valence-corrected chi connectivity index (χ4v) is 5.60. The van der Waals surface area contributed by atoms with Gasteiger partial charge in [0.2, 0.25) is 0 Å². The van der Waals surface area contributed by atoms with Gasteiger partial charge in [-0.05, 0) is 43.5 Å². The van der Waals surface area contributed by atoms with Gasteiger partial charge >= 0.3 is 15.2 Å². The molecule has 0 spiro atoms. The number of nitrogens with zero attached hydrogens (tertiary/aromatic N) is 1. The highest BCUT2D eigenvalue weighted by Crippen LogP contribution is 2.70. The number of nitrogens with one attached hydrogen (secondary N) is 1. The van der Waals surface area contributed by atoms with Crippen molar-refractivity contribution in [1.82, 2.24) is 9.97 Å². The molecule has 150 valence electrons. The van der Waals surface area contributed by atoms with Crippen LogP contribution in [0.4, 0.5) is 0 Å². The molecule has 2 aromatic heterocycles. The molecule has 1 atom stereocenters. The third-order valence-corrected chi connectivity index (χ3v) is 8.44. The predicted molar refractivity (Wildman–Crippen MR) is 99.0 cm³/mol. The summed E-state index contributed by atoms with van der Waals surface area (Å²) >= 11 is 0. The summed E-state index contributed by atoms with van der Waals surface area (Å²) in [6.07, 6.45) is 3.86. The van der Waals surface area contributed by atoms with E-state index in [0.29, 0.717) is 25.0 Å². The van der Waals surface area contributed by atoms with Gasteiger partial charge in [-0.25, -0.2) is 0 Å². The summed E-state index contributed by atoms with van der Waals surface area (Å²) < 4.78 is 23.5. The molecule has 0 aliphatic heterocycles. The first-order chi connectivity index (χ1) is 12.4. The number of aryl methyl sites for hydroxylation is 1. The Balaban J connectivity index is 2.31. The zero-order valence-electron chi connectivity index (χ0n) is 14.8. The van der Waals surface area contributed by atoms with Crippen LogP contribution in [0.2, 0.25) is 0 Å². The molecule has 0 fully saturated rings. The Morgan fingerprint density at radius 3 is 2.22 bits per heavy atom. The molecule has 0 radical (unpaired) electrons. The Morgan fingerprint density at radius 1 is 1.07 bits per heavy atom. The van der Waals surface area contributed by atoms with Gasteiger partial charge in [-0.1, -0.05) is 13.0 Å². The van der Waals surface area contributed by atoms with Crippen LogP contribution in [0.3, 0.4) is 0 Å². The molecule has 2 aromatic rings. The van der Waals surface area contributed by atoms with Gasteiger partial charge in [0.25, 0.3) is 5.08 Å². The van der Waals surface area contributed by atoms with Gasteiger partial charge in [0.1, 0.15) is 0 Å². The van der Waals surface area contributed by atoms with Gasteiger partial charge in [-0.2, -0.15) is 0 Å². The van der Waals surface area contributed by atoms with Crippen molar-refractivity contribution in [2.75, 3.05) is 0 Å². The van der Waals surface area contributed by atoms with Crippen LogP contribution in [-0.2, 0) is 21.0 Å². The number of hydrogen-bond donors (Lipinski definition) is 6. The van der Waals surface area contributed by atoms with Crippen molar-refractivity contribution in [2.24, 2.45) is 0 Å². The van der Waals surface area contributed by atoms with E-state index in [2.05, 4.69) is 9.97 Å². The van der Waals surface area contributed by atoms with Crippen LogP contribution in [0.1, 0.15) is 37.6 Å². The SMILES string of the molecule is CC(CCCc1ccccn1)(CC(O)(P(=O)(O)O)P(=O)(O)O)c1ccc[nH]1. The van der Waals surface area contributed by atoms with Gasteiger partial charge in [0, 0.05) is 35.6 Å². The van der Waals surface area contributed by atoms with Crippen LogP contribution in [0, 0.1) is 0 Å². The highest BCUT2D eigenvalue weighted by atomic mass is 31.2. The third-order valence-electron chi connectivity index (χ3n) is 4.70. The normalized spacial score (nSPS) is 15.5. The van der Waals surface area contributed by atoms with Gasteiger partial charge in [-0.15, -0.1) is 0 Å². The highest BCUT2D eigenvalue weighted by Gasteiger charge is 2.62. The minimum Gasteiger partial charge on any atom is -0.367 e. The van der Waals surface area contributed by atoms with Crippen molar-refractivity contribution in [3.8, 4) is 0 Å². The number of rotatable bonds is 9. The average molecular weight is 418 g/mol. The lowest BCUT2D eigenvalue weighted by Gasteiger charge is -2.38. The number of pyridine rings is 1. The quantitative estimate of drug-likeness (QED) is 0.337. The minimum absolute atomic E-state index is 0.312. The largest absolute Gasteiger partial charge is 0.369 e. The van der Waals surface area contributed by atoms with E-state index in [1.807, 2.05) is 12.1 Å². The first-order valence-corrected chi connectivity index (χ1v) is 11.5. The molecule has 2 heterocycles. The smallest absolute Gasteiger partial charge is 0.367 e. The number of aliphatic hydroxyl groups is 1. The van der Waals surface area contributed by atoms with Crippen LogP contribution in [0.25, 0.3) is 0 Å². The van der Waals surface area contributed by atoms with Crippen LogP contribution in [-0.4, -0.2) is 39.7 Å². The second-order valence-electron chi connectivity index (χ2n) is 6.86. The third kappa shape index (κ3) is 4.95. The van der Waals surface area contributed by atoms with Crippen LogP contribution in [0.15, 0.2) is 42.7 Å². The van der Waals surface area contributed by atoms with Crippen molar-refractivity contribution in [1.29, 1.82) is 0 Å². The Hall–Kier alpha value is -1.31. The zero-order valence-corrected chi connectivity index (χ0v) is 16.6. The van der Waals surface area contributed by atoms with Crippen LogP contribution >= 0.6 is 15.2 Å². The fraction of sp³-hybridized carbons (Fsp3) is 0.438. The van der Waals surface area contributed by atoms with Crippen molar-refractivity contribution < 1.29 is 33.8 Å². The lowest BCUT2D eigenvalue weighted by molar-refractivity contribution is 0.0971. The Bertz CT molecular complexity index is 810.